The highest BCUT2D eigenvalue weighted by atomic mass is 32.2. The van der Waals surface area contributed by atoms with Crippen LogP contribution in [-0.2, 0) is 4.79 Å². The van der Waals surface area contributed by atoms with Gasteiger partial charge >= 0.3 is 0 Å². The Morgan fingerprint density at radius 1 is 1.28 bits per heavy atom. The predicted molar refractivity (Wildman–Crippen MR) is 69.7 cm³/mol. The molecular weight excluding hydrogens is 258 g/mol. The summed E-state index contributed by atoms with van der Waals surface area (Å²) in [4.78, 5) is 12.1. The van der Waals surface area contributed by atoms with Gasteiger partial charge in [-0.05, 0) is 30.2 Å². The van der Waals surface area contributed by atoms with Gasteiger partial charge in [-0.25, -0.2) is 0 Å². The predicted octanol–water partition coefficient (Wildman–Crippen LogP) is 2.92. The van der Waals surface area contributed by atoms with E-state index in [-0.39, 0.29) is 11.8 Å². The Kier molecular flexibility index (Phi) is 5.55. The molecule has 100 valence electrons. The molecule has 0 saturated heterocycles. The van der Waals surface area contributed by atoms with Gasteiger partial charge in [0.25, 0.3) is 5.76 Å². The van der Waals surface area contributed by atoms with E-state index >= 15 is 0 Å². The summed E-state index contributed by atoms with van der Waals surface area (Å²) in [6.45, 7) is 3.71. The van der Waals surface area contributed by atoms with E-state index in [1.807, 2.05) is 13.8 Å². The van der Waals surface area contributed by atoms with Gasteiger partial charge < -0.3 is 11.1 Å². The van der Waals surface area contributed by atoms with Gasteiger partial charge in [0.2, 0.25) is 5.91 Å². The highest BCUT2D eigenvalue weighted by molar-refractivity contribution is 7.99. The lowest BCUT2D eigenvalue weighted by atomic mass is 10.1. The summed E-state index contributed by atoms with van der Waals surface area (Å²) < 4.78 is 24.2. The summed E-state index contributed by atoms with van der Waals surface area (Å²) in [5.41, 5.74) is 6.24. The fraction of sp³-hybridized carbons (Fsp3) is 0.417. The van der Waals surface area contributed by atoms with E-state index in [0.717, 1.165) is 0 Å². The Hall–Kier alpha value is -1.14. The molecule has 0 saturated carbocycles. The Morgan fingerprint density at radius 3 is 2.28 bits per heavy atom. The van der Waals surface area contributed by atoms with E-state index in [9.17, 15) is 13.6 Å². The molecular formula is C12H16F2N2OS. The van der Waals surface area contributed by atoms with Crippen LogP contribution in [0.15, 0.2) is 29.2 Å². The van der Waals surface area contributed by atoms with Crippen molar-refractivity contribution in [2.24, 2.45) is 11.7 Å². The first-order valence-electron chi connectivity index (χ1n) is 5.51. The third kappa shape index (κ3) is 4.62. The van der Waals surface area contributed by atoms with Crippen LogP contribution in [0, 0.1) is 5.92 Å². The Labute approximate surface area is 109 Å². The van der Waals surface area contributed by atoms with Crippen molar-refractivity contribution in [3.8, 4) is 0 Å². The van der Waals surface area contributed by atoms with E-state index in [4.69, 9.17) is 5.73 Å². The topological polar surface area (TPSA) is 55.1 Å². The Morgan fingerprint density at radius 2 is 1.83 bits per heavy atom. The van der Waals surface area contributed by atoms with Crippen LogP contribution < -0.4 is 11.1 Å². The number of thioether (sulfide) groups is 1. The van der Waals surface area contributed by atoms with Crippen LogP contribution in [0.1, 0.15) is 13.8 Å². The molecule has 0 aliphatic carbocycles. The zero-order valence-corrected chi connectivity index (χ0v) is 11.0. The third-order valence-electron chi connectivity index (χ3n) is 2.37. The van der Waals surface area contributed by atoms with Crippen LogP contribution in [0.3, 0.4) is 0 Å². The van der Waals surface area contributed by atoms with Crippen molar-refractivity contribution < 1.29 is 13.6 Å². The first kappa shape index (κ1) is 14.9. The zero-order valence-electron chi connectivity index (χ0n) is 10.2. The highest BCUT2D eigenvalue weighted by Gasteiger charge is 2.17. The summed E-state index contributed by atoms with van der Waals surface area (Å²) in [6, 6.07) is 5.64. The van der Waals surface area contributed by atoms with Gasteiger partial charge in [0.15, 0.2) is 0 Å². The van der Waals surface area contributed by atoms with Gasteiger partial charge in [-0.1, -0.05) is 25.6 Å². The molecule has 0 spiro atoms. The number of nitrogens with two attached hydrogens (primary N) is 1. The average Bonchev–Trinajstić information content (AvgIpc) is 2.29. The number of benzene rings is 1. The highest BCUT2D eigenvalue weighted by Crippen LogP contribution is 2.26. The minimum absolute atomic E-state index is 0.0404. The number of amides is 1. The fourth-order valence-electron chi connectivity index (χ4n) is 1.25. The second-order valence-electron chi connectivity index (χ2n) is 4.16. The quantitative estimate of drug-likeness (QED) is 0.812. The van der Waals surface area contributed by atoms with Crippen molar-refractivity contribution in [3.05, 3.63) is 24.3 Å². The summed E-state index contributed by atoms with van der Waals surface area (Å²) in [7, 11) is 0. The van der Waals surface area contributed by atoms with Gasteiger partial charge in [0.05, 0.1) is 6.04 Å². The first-order chi connectivity index (χ1) is 8.40. The third-order valence-corrected chi connectivity index (χ3v) is 3.09. The van der Waals surface area contributed by atoms with Gasteiger partial charge in [-0.2, -0.15) is 8.78 Å². The molecule has 1 amide bonds. The molecule has 0 aliphatic heterocycles. The van der Waals surface area contributed by atoms with Crippen molar-refractivity contribution in [2.75, 3.05) is 5.32 Å². The average molecular weight is 274 g/mol. The summed E-state index contributed by atoms with van der Waals surface area (Å²) in [5, 5.41) is 2.64. The lowest BCUT2D eigenvalue weighted by molar-refractivity contribution is -0.118. The van der Waals surface area contributed by atoms with E-state index in [0.29, 0.717) is 22.3 Å². The number of anilines is 1. The van der Waals surface area contributed by atoms with Crippen LogP contribution in [-0.4, -0.2) is 17.7 Å². The zero-order chi connectivity index (χ0) is 13.7. The lowest BCUT2D eigenvalue weighted by Crippen LogP contribution is -2.39. The summed E-state index contributed by atoms with van der Waals surface area (Å²) in [6.07, 6.45) is 0. The Balaban J connectivity index is 2.61. The van der Waals surface area contributed by atoms with Crippen LogP contribution >= 0.6 is 11.8 Å². The van der Waals surface area contributed by atoms with E-state index in [1.54, 1.807) is 12.1 Å². The van der Waals surface area contributed by atoms with E-state index < -0.39 is 11.8 Å². The van der Waals surface area contributed by atoms with Crippen molar-refractivity contribution >= 4 is 23.4 Å². The first-order valence-corrected chi connectivity index (χ1v) is 6.39. The monoisotopic (exact) mass is 274 g/mol. The van der Waals surface area contributed by atoms with Crippen molar-refractivity contribution in [1.29, 1.82) is 0 Å². The number of rotatable bonds is 5. The normalized spacial score (nSPS) is 12.8. The summed E-state index contributed by atoms with van der Waals surface area (Å²) in [5.74, 6) is -2.68. The smallest absolute Gasteiger partial charge is 0.288 e. The molecule has 0 fully saturated rings. The number of hydrogen-bond acceptors (Lipinski definition) is 3. The molecule has 3 N–H and O–H groups in total. The molecule has 0 unspecified atom stereocenters. The minimum atomic E-state index is -2.44. The molecule has 1 atom stereocenters. The molecule has 0 aromatic heterocycles. The van der Waals surface area contributed by atoms with Crippen LogP contribution in [0.25, 0.3) is 0 Å². The maximum absolute atomic E-state index is 12.1. The van der Waals surface area contributed by atoms with Crippen molar-refractivity contribution in [2.45, 2.75) is 30.5 Å². The van der Waals surface area contributed by atoms with Crippen molar-refractivity contribution in [1.82, 2.24) is 0 Å². The molecule has 6 heteroatoms. The number of carbonyl (C=O) groups excluding carboxylic acids is 1. The molecule has 0 bridgehead atoms. The number of hydrogen-bond donors (Lipinski definition) is 2. The molecule has 1 aromatic rings. The van der Waals surface area contributed by atoms with Crippen molar-refractivity contribution in [3.63, 3.8) is 0 Å². The van der Waals surface area contributed by atoms with Gasteiger partial charge in [-0.15, -0.1) is 0 Å². The number of nitrogens with one attached hydrogen (secondary N) is 1. The van der Waals surface area contributed by atoms with E-state index in [1.165, 1.54) is 12.1 Å². The second kappa shape index (κ2) is 6.70. The Bertz CT molecular complexity index is 396. The minimum Gasteiger partial charge on any atom is -0.325 e. The molecule has 1 aromatic carbocycles. The summed E-state index contributed by atoms with van der Waals surface area (Å²) >= 11 is 0.466. The number of halogens is 2. The molecule has 3 nitrogen and oxygen atoms in total. The SMILES string of the molecule is CC(C)[C@@H](N)C(=O)Nc1ccc(SC(F)F)cc1. The molecule has 0 radical (unpaired) electrons. The van der Waals surface area contributed by atoms with Crippen LogP contribution in [0.5, 0.6) is 0 Å². The van der Waals surface area contributed by atoms with Gasteiger partial charge in [0.1, 0.15) is 0 Å². The largest absolute Gasteiger partial charge is 0.325 e. The maximum Gasteiger partial charge on any atom is 0.288 e. The van der Waals surface area contributed by atoms with Crippen LogP contribution in [0.4, 0.5) is 14.5 Å². The van der Waals surface area contributed by atoms with Gasteiger partial charge in [-0.3, -0.25) is 4.79 Å². The molecule has 1 rings (SSSR count). The fourth-order valence-corrected chi connectivity index (χ4v) is 1.75. The van der Waals surface area contributed by atoms with Crippen LogP contribution in [0.2, 0.25) is 0 Å². The number of carbonyl (C=O) groups is 1. The number of alkyl halides is 2. The van der Waals surface area contributed by atoms with Gasteiger partial charge in [0, 0.05) is 10.6 Å². The molecule has 0 aliphatic rings. The van der Waals surface area contributed by atoms with E-state index in [2.05, 4.69) is 5.32 Å². The standard InChI is InChI=1S/C12H16F2N2OS/c1-7(2)10(15)11(17)16-8-3-5-9(6-4-8)18-12(13)14/h3-7,10,12H,15H2,1-2H3,(H,16,17)/t10-/m1/s1. The second-order valence-corrected chi connectivity index (χ2v) is 5.23. The maximum atomic E-state index is 12.1. The lowest BCUT2D eigenvalue weighted by Gasteiger charge is -2.15. The molecule has 18 heavy (non-hydrogen) atoms. The molecule has 0 heterocycles.